The number of nitrogens with zero attached hydrogens (tertiary/aromatic N) is 1. The van der Waals surface area contributed by atoms with Gasteiger partial charge in [0, 0.05) is 19.5 Å². The molecular formula is C11H21NO2S. The first-order valence-corrected chi connectivity index (χ1v) is 6.95. The Kier molecular flexibility index (Phi) is 5.47. The molecule has 0 radical (unpaired) electrons. The third-order valence-electron chi connectivity index (χ3n) is 2.51. The van der Waals surface area contributed by atoms with E-state index in [1.165, 1.54) is 0 Å². The number of morpholine rings is 1. The summed E-state index contributed by atoms with van der Waals surface area (Å²) in [6.45, 7) is 5.56. The molecule has 0 spiro atoms. The number of amides is 1. The van der Waals surface area contributed by atoms with Gasteiger partial charge in [-0.2, -0.15) is 11.8 Å². The van der Waals surface area contributed by atoms with Gasteiger partial charge < -0.3 is 9.64 Å². The molecule has 1 aliphatic heterocycles. The minimum Gasteiger partial charge on any atom is -0.372 e. The van der Waals surface area contributed by atoms with Crippen LogP contribution in [0.2, 0.25) is 0 Å². The van der Waals surface area contributed by atoms with Crippen LogP contribution in [0, 0.1) is 0 Å². The van der Waals surface area contributed by atoms with Gasteiger partial charge in [0.2, 0.25) is 5.91 Å². The van der Waals surface area contributed by atoms with Crippen molar-refractivity contribution in [2.75, 3.05) is 25.1 Å². The van der Waals surface area contributed by atoms with Gasteiger partial charge in [-0.05, 0) is 32.3 Å². The second-order valence-electron chi connectivity index (χ2n) is 4.15. The zero-order chi connectivity index (χ0) is 11.3. The lowest BCUT2D eigenvalue weighted by atomic mass is 10.2. The average Bonchev–Trinajstić information content (AvgIpc) is 2.16. The molecule has 4 heteroatoms. The van der Waals surface area contributed by atoms with Gasteiger partial charge in [0.15, 0.2) is 0 Å². The average molecular weight is 231 g/mol. The first-order chi connectivity index (χ1) is 7.13. The topological polar surface area (TPSA) is 29.5 Å². The van der Waals surface area contributed by atoms with Gasteiger partial charge >= 0.3 is 0 Å². The highest BCUT2D eigenvalue weighted by atomic mass is 32.2. The molecule has 3 nitrogen and oxygen atoms in total. The lowest BCUT2D eigenvalue weighted by Gasteiger charge is -2.35. The van der Waals surface area contributed by atoms with E-state index in [1.807, 2.05) is 18.7 Å². The zero-order valence-electron chi connectivity index (χ0n) is 9.86. The molecule has 0 saturated carbocycles. The molecule has 0 bridgehead atoms. The van der Waals surface area contributed by atoms with Gasteiger partial charge in [0.1, 0.15) is 0 Å². The minimum atomic E-state index is 0.179. The smallest absolute Gasteiger partial charge is 0.222 e. The Hall–Kier alpha value is -0.220. The molecule has 88 valence electrons. The lowest BCUT2D eigenvalue weighted by molar-refractivity contribution is -0.143. The summed E-state index contributed by atoms with van der Waals surface area (Å²) in [5.41, 5.74) is 0. The normalized spacial score (nSPS) is 26.7. The molecule has 1 aliphatic rings. The van der Waals surface area contributed by atoms with Crippen molar-refractivity contribution in [3.05, 3.63) is 0 Å². The van der Waals surface area contributed by atoms with Crippen LogP contribution in [0.25, 0.3) is 0 Å². The summed E-state index contributed by atoms with van der Waals surface area (Å²) in [5, 5.41) is 0. The van der Waals surface area contributed by atoms with Crippen LogP contribution in [0.1, 0.15) is 26.7 Å². The van der Waals surface area contributed by atoms with Gasteiger partial charge in [-0.3, -0.25) is 4.79 Å². The van der Waals surface area contributed by atoms with Crippen molar-refractivity contribution in [3.63, 3.8) is 0 Å². The third kappa shape index (κ3) is 4.43. The number of thioether (sulfide) groups is 1. The van der Waals surface area contributed by atoms with Gasteiger partial charge in [0.25, 0.3) is 0 Å². The van der Waals surface area contributed by atoms with Crippen LogP contribution < -0.4 is 0 Å². The van der Waals surface area contributed by atoms with E-state index in [0.29, 0.717) is 6.42 Å². The maximum absolute atomic E-state index is 11.8. The van der Waals surface area contributed by atoms with Crippen molar-refractivity contribution in [2.45, 2.75) is 38.9 Å². The number of carbonyl (C=O) groups excluding carboxylic acids is 1. The highest BCUT2D eigenvalue weighted by molar-refractivity contribution is 7.98. The van der Waals surface area contributed by atoms with Crippen molar-refractivity contribution in [3.8, 4) is 0 Å². The van der Waals surface area contributed by atoms with Crippen molar-refractivity contribution < 1.29 is 9.53 Å². The van der Waals surface area contributed by atoms with Crippen LogP contribution in [-0.2, 0) is 9.53 Å². The Labute approximate surface area is 96.5 Å². The quantitative estimate of drug-likeness (QED) is 0.691. The highest BCUT2D eigenvalue weighted by Gasteiger charge is 2.25. The van der Waals surface area contributed by atoms with Crippen LogP contribution in [-0.4, -0.2) is 48.1 Å². The summed E-state index contributed by atoms with van der Waals surface area (Å²) in [6, 6.07) is 0. The summed E-state index contributed by atoms with van der Waals surface area (Å²) in [7, 11) is 0. The van der Waals surface area contributed by atoms with Gasteiger partial charge in [-0.25, -0.2) is 0 Å². The van der Waals surface area contributed by atoms with E-state index >= 15 is 0 Å². The number of ether oxygens (including phenoxy) is 1. The van der Waals surface area contributed by atoms with E-state index in [4.69, 9.17) is 4.74 Å². The molecule has 1 heterocycles. The van der Waals surface area contributed by atoms with E-state index in [9.17, 15) is 4.79 Å². The molecule has 0 aromatic carbocycles. The molecule has 0 aromatic rings. The first-order valence-electron chi connectivity index (χ1n) is 5.55. The fraction of sp³-hybridized carbons (Fsp3) is 0.909. The molecular weight excluding hydrogens is 210 g/mol. The van der Waals surface area contributed by atoms with Gasteiger partial charge in [-0.15, -0.1) is 0 Å². The molecule has 1 amide bonds. The largest absolute Gasteiger partial charge is 0.372 e. The fourth-order valence-electron chi connectivity index (χ4n) is 1.91. The number of hydrogen-bond acceptors (Lipinski definition) is 3. The van der Waals surface area contributed by atoms with Gasteiger partial charge in [-0.1, -0.05) is 0 Å². The Morgan fingerprint density at radius 2 is 2.00 bits per heavy atom. The summed E-state index contributed by atoms with van der Waals surface area (Å²) in [6.07, 6.45) is 4.10. The third-order valence-corrected chi connectivity index (χ3v) is 3.21. The molecule has 2 atom stereocenters. The molecule has 15 heavy (non-hydrogen) atoms. The van der Waals surface area contributed by atoms with Crippen LogP contribution in [0.3, 0.4) is 0 Å². The van der Waals surface area contributed by atoms with Crippen LogP contribution >= 0.6 is 11.8 Å². The standard InChI is InChI=1S/C11H21NO2S/c1-9-7-12(8-10(2)14-9)11(13)5-4-6-15-3/h9-10H,4-8H2,1-3H3. The van der Waals surface area contributed by atoms with E-state index in [-0.39, 0.29) is 18.1 Å². The lowest BCUT2D eigenvalue weighted by Crippen LogP contribution is -2.48. The molecule has 1 saturated heterocycles. The summed E-state index contributed by atoms with van der Waals surface area (Å²) >= 11 is 1.80. The van der Waals surface area contributed by atoms with E-state index in [2.05, 4.69) is 6.26 Å². The predicted octanol–water partition coefficient (Wildman–Crippen LogP) is 1.77. The number of carbonyl (C=O) groups is 1. The Balaban J connectivity index is 2.31. The minimum absolute atomic E-state index is 0.179. The van der Waals surface area contributed by atoms with Crippen molar-refractivity contribution in [1.29, 1.82) is 0 Å². The molecule has 2 unspecified atom stereocenters. The monoisotopic (exact) mass is 231 g/mol. The molecule has 1 rings (SSSR count). The maximum atomic E-state index is 11.8. The van der Waals surface area contributed by atoms with E-state index in [1.54, 1.807) is 11.8 Å². The Morgan fingerprint density at radius 1 is 1.40 bits per heavy atom. The second-order valence-corrected chi connectivity index (χ2v) is 5.14. The zero-order valence-corrected chi connectivity index (χ0v) is 10.7. The predicted molar refractivity (Wildman–Crippen MR) is 64.2 cm³/mol. The van der Waals surface area contributed by atoms with Crippen molar-refractivity contribution in [2.24, 2.45) is 0 Å². The summed E-state index contributed by atoms with van der Waals surface area (Å²) < 4.78 is 5.59. The molecule has 0 aromatic heterocycles. The van der Waals surface area contributed by atoms with Crippen LogP contribution in [0.5, 0.6) is 0 Å². The molecule has 0 aliphatic carbocycles. The maximum Gasteiger partial charge on any atom is 0.222 e. The number of rotatable bonds is 4. The summed E-state index contributed by atoms with van der Waals surface area (Å²) in [4.78, 5) is 13.8. The Morgan fingerprint density at radius 3 is 2.53 bits per heavy atom. The molecule has 0 N–H and O–H groups in total. The molecule has 1 fully saturated rings. The van der Waals surface area contributed by atoms with Gasteiger partial charge in [0.05, 0.1) is 12.2 Å². The summed E-state index contributed by atoms with van der Waals surface area (Å²) in [5.74, 6) is 1.35. The van der Waals surface area contributed by atoms with E-state index < -0.39 is 0 Å². The number of hydrogen-bond donors (Lipinski definition) is 0. The SMILES string of the molecule is CSCCCC(=O)N1CC(C)OC(C)C1. The van der Waals surface area contributed by atoms with Crippen molar-refractivity contribution >= 4 is 17.7 Å². The van der Waals surface area contributed by atoms with Crippen molar-refractivity contribution in [1.82, 2.24) is 4.90 Å². The highest BCUT2D eigenvalue weighted by Crippen LogP contribution is 2.12. The van der Waals surface area contributed by atoms with E-state index in [0.717, 1.165) is 25.3 Å². The fourth-order valence-corrected chi connectivity index (χ4v) is 2.34. The Bertz CT molecular complexity index is 201. The second kappa shape index (κ2) is 6.38. The van der Waals surface area contributed by atoms with Crippen LogP contribution in [0.4, 0.5) is 0 Å². The van der Waals surface area contributed by atoms with Crippen LogP contribution in [0.15, 0.2) is 0 Å². The first kappa shape index (κ1) is 12.8.